The number of rotatable bonds is 2. The molecule has 0 saturated carbocycles. The van der Waals surface area contributed by atoms with E-state index in [0.717, 1.165) is 5.56 Å². The van der Waals surface area contributed by atoms with Crippen molar-refractivity contribution < 1.29 is 22.7 Å². The van der Waals surface area contributed by atoms with Gasteiger partial charge in [-0.15, -0.1) is 0 Å². The highest BCUT2D eigenvalue weighted by molar-refractivity contribution is 5.97. The number of alkyl halides is 3. The van der Waals surface area contributed by atoms with Crippen molar-refractivity contribution in [3.05, 3.63) is 29.3 Å². The maximum Gasteiger partial charge on any atom is 0.396 e. The molecule has 98 valence electrons. The van der Waals surface area contributed by atoms with E-state index in [1.54, 1.807) is 6.07 Å². The number of halogens is 3. The van der Waals surface area contributed by atoms with Crippen molar-refractivity contribution in [2.75, 3.05) is 6.61 Å². The topological polar surface area (TPSA) is 26.3 Å². The Morgan fingerprint density at radius 2 is 2.06 bits per heavy atom. The van der Waals surface area contributed by atoms with Gasteiger partial charge in [-0.05, 0) is 18.2 Å². The second-order valence-electron chi connectivity index (χ2n) is 5.10. The number of ketones is 1. The van der Waals surface area contributed by atoms with Gasteiger partial charge in [-0.1, -0.05) is 13.8 Å². The largest absolute Gasteiger partial charge is 0.492 e. The van der Waals surface area contributed by atoms with Crippen molar-refractivity contribution in [1.82, 2.24) is 0 Å². The molecular weight excluding hydrogens is 245 g/mol. The van der Waals surface area contributed by atoms with Gasteiger partial charge in [0.2, 0.25) is 0 Å². The van der Waals surface area contributed by atoms with Gasteiger partial charge in [-0.3, -0.25) is 4.79 Å². The van der Waals surface area contributed by atoms with E-state index in [0.29, 0.717) is 12.4 Å². The first-order chi connectivity index (χ1) is 8.19. The van der Waals surface area contributed by atoms with Crippen LogP contribution in [0.1, 0.15) is 36.2 Å². The van der Waals surface area contributed by atoms with Crippen molar-refractivity contribution in [3.8, 4) is 5.75 Å². The van der Waals surface area contributed by atoms with Crippen LogP contribution in [0, 0.1) is 0 Å². The van der Waals surface area contributed by atoms with Crippen molar-refractivity contribution in [1.29, 1.82) is 0 Å². The molecule has 0 atom stereocenters. The van der Waals surface area contributed by atoms with E-state index in [2.05, 4.69) is 0 Å². The molecule has 0 saturated heterocycles. The van der Waals surface area contributed by atoms with Gasteiger partial charge in [-0.2, -0.15) is 13.2 Å². The highest BCUT2D eigenvalue weighted by Gasteiger charge is 2.35. The third kappa shape index (κ3) is 2.49. The van der Waals surface area contributed by atoms with E-state index in [9.17, 15) is 18.0 Å². The van der Waals surface area contributed by atoms with Crippen LogP contribution in [0.3, 0.4) is 0 Å². The van der Waals surface area contributed by atoms with Gasteiger partial charge < -0.3 is 4.74 Å². The first-order valence-electron chi connectivity index (χ1n) is 5.56. The summed E-state index contributed by atoms with van der Waals surface area (Å²) in [5.74, 6) is -0.267. The van der Waals surface area contributed by atoms with Gasteiger partial charge in [-0.25, -0.2) is 0 Å². The minimum atomic E-state index is -4.47. The molecule has 0 unspecified atom stereocenters. The lowest BCUT2D eigenvalue weighted by Crippen LogP contribution is -2.19. The Hall–Kier alpha value is -1.52. The zero-order chi connectivity index (χ0) is 13.6. The molecular formula is C13H13F3O2. The Labute approximate surface area is 103 Å². The lowest BCUT2D eigenvalue weighted by Gasteiger charge is -2.15. The Morgan fingerprint density at radius 3 is 2.67 bits per heavy atom. The summed E-state index contributed by atoms with van der Waals surface area (Å²) in [4.78, 5) is 11.5. The van der Waals surface area contributed by atoms with Gasteiger partial charge in [0.05, 0.1) is 6.61 Å². The molecule has 2 nitrogen and oxygen atoms in total. The molecule has 0 aromatic heterocycles. The molecule has 0 aliphatic carbocycles. The van der Waals surface area contributed by atoms with Crippen molar-refractivity contribution in [3.63, 3.8) is 0 Å². The van der Waals surface area contributed by atoms with Crippen LogP contribution in [0.5, 0.6) is 5.75 Å². The van der Waals surface area contributed by atoms with E-state index < -0.39 is 18.4 Å². The summed E-state index contributed by atoms with van der Waals surface area (Å²) < 4.78 is 41.9. The van der Waals surface area contributed by atoms with Gasteiger partial charge >= 0.3 is 6.18 Å². The maximum absolute atomic E-state index is 12.2. The van der Waals surface area contributed by atoms with Gasteiger partial charge in [0.15, 0.2) is 5.78 Å². The Kier molecular flexibility index (Phi) is 2.87. The molecule has 1 aliphatic rings. The summed E-state index contributed by atoms with van der Waals surface area (Å²) in [7, 11) is 0. The molecule has 0 N–H and O–H groups in total. The molecule has 1 heterocycles. The number of hydrogen-bond donors (Lipinski definition) is 0. The molecule has 0 spiro atoms. The van der Waals surface area contributed by atoms with E-state index >= 15 is 0 Å². The molecule has 0 radical (unpaired) electrons. The fourth-order valence-corrected chi connectivity index (χ4v) is 1.98. The van der Waals surface area contributed by atoms with E-state index in [-0.39, 0.29) is 11.0 Å². The van der Waals surface area contributed by atoms with Crippen LogP contribution in [-0.4, -0.2) is 18.6 Å². The summed E-state index contributed by atoms with van der Waals surface area (Å²) in [6.07, 6.45) is -5.89. The van der Waals surface area contributed by atoms with Crippen LogP contribution in [0.4, 0.5) is 13.2 Å². The molecule has 2 rings (SSSR count). The SMILES string of the molecule is CC1(C)COc2ccc(C(=O)CC(F)(F)F)cc21. The number of fused-ring (bicyclic) bond motifs is 1. The zero-order valence-electron chi connectivity index (χ0n) is 10.1. The van der Waals surface area contributed by atoms with Crippen molar-refractivity contribution >= 4 is 5.78 Å². The molecule has 5 heteroatoms. The van der Waals surface area contributed by atoms with Gasteiger partial charge in [0, 0.05) is 16.5 Å². The number of Topliss-reactive ketones (excluding diaryl/α,β-unsaturated/α-hetero) is 1. The summed E-state index contributed by atoms with van der Waals surface area (Å²) >= 11 is 0. The summed E-state index contributed by atoms with van der Waals surface area (Å²) in [5, 5.41) is 0. The number of hydrogen-bond acceptors (Lipinski definition) is 2. The molecule has 18 heavy (non-hydrogen) atoms. The minimum absolute atomic E-state index is 0.0876. The number of ether oxygens (including phenoxy) is 1. The first-order valence-corrected chi connectivity index (χ1v) is 5.56. The summed E-state index contributed by atoms with van der Waals surface area (Å²) in [5.41, 5.74) is 0.601. The molecule has 1 aromatic carbocycles. The van der Waals surface area contributed by atoms with Crippen molar-refractivity contribution in [2.24, 2.45) is 0 Å². The standard InChI is InChI=1S/C13H13F3O2/c1-12(2)7-18-11-4-3-8(5-9(11)12)10(17)6-13(14,15)16/h3-5H,6-7H2,1-2H3. The maximum atomic E-state index is 12.2. The average Bonchev–Trinajstić information content (AvgIpc) is 2.52. The summed E-state index contributed by atoms with van der Waals surface area (Å²) in [6.45, 7) is 4.33. The lowest BCUT2D eigenvalue weighted by atomic mass is 9.85. The van der Waals surface area contributed by atoms with Crippen molar-refractivity contribution in [2.45, 2.75) is 31.9 Å². The van der Waals surface area contributed by atoms with Crippen LogP contribution in [0.2, 0.25) is 0 Å². The molecule has 1 aliphatic heterocycles. The van der Waals surface area contributed by atoms with E-state index in [1.807, 2.05) is 13.8 Å². The first kappa shape index (κ1) is 12.9. The second-order valence-corrected chi connectivity index (χ2v) is 5.10. The highest BCUT2D eigenvalue weighted by atomic mass is 19.4. The Balaban J connectivity index is 2.30. The fraction of sp³-hybridized carbons (Fsp3) is 0.462. The van der Waals surface area contributed by atoms with E-state index in [1.165, 1.54) is 12.1 Å². The molecule has 0 bridgehead atoms. The number of benzene rings is 1. The molecule has 0 amide bonds. The van der Waals surface area contributed by atoms with Gasteiger partial charge in [0.25, 0.3) is 0 Å². The van der Waals surface area contributed by atoms with E-state index in [4.69, 9.17) is 4.74 Å². The van der Waals surface area contributed by atoms with Crippen LogP contribution in [0.25, 0.3) is 0 Å². The Morgan fingerprint density at radius 1 is 1.39 bits per heavy atom. The average molecular weight is 258 g/mol. The second kappa shape index (κ2) is 4.00. The number of carbonyl (C=O) groups excluding carboxylic acids is 1. The summed E-state index contributed by atoms with van der Waals surface area (Å²) in [6, 6.07) is 4.46. The van der Waals surface area contributed by atoms with Crippen LogP contribution in [-0.2, 0) is 5.41 Å². The number of carbonyl (C=O) groups is 1. The van der Waals surface area contributed by atoms with Crippen LogP contribution >= 0.6 is 0 Å². The smallest absolute Gasteiger partial charge is 0.396 e. The normalized spacial score (nSPS) is 17.2. The molecule has 1 aromatic rings. The third-order valence-electron chi connectivity index (χ3n) is 2.98. The minimum Gasteiger partial charge on any atom is -0.492 e. The lowest BCUT2D eigenvalue weighted by molar-refractivity contribution is -0.125. The fourth-order valence-electron chi connectivity index (χ4n) is 1.98. The monoisotopic (exact) mass is 258 g/mol. The molecule has 0 fully saturated rings. The van der Waals surface area contributed by atoms with Crippen LogP contribution < -0.4 is 4.74 Å². The predicted molar refractivity (Wildman–Crippen MR) is 60.0 cm³/mol. The quantitative estimate of drug-likeness (QED) is 0.759. The van der Waals surface area contributed by atoms with Gasteiger partial charge in [0.1, 0.15) is 12.2 Å². The Bertz CT molecular complexity index is 489. The third-order valence-corrected chi connectivity index (χ3v) is 2.98. The van der Waals surface area contributed by atoms with Crippen LogP contribution in [0.15, 0.2) is 18.2 Å². The zero-order valence-corrected chi connectivity index (χ0v) is 10.1. The highest BCUT2D eigenvalue weighted by Crippen LogP contribution is 2.39. The predicted octanol–water partition coefficient (Wildman–Crippen LogP) is 3.49.